The third-order valence-corrected chi connectivity index (χ3v) is 3.32. The van der Waals surface area contributed by atoms with E-state index in [0.717, 1.165) is 12.8 Å². The largest absolute Gasteiger partial charge is 0.397 e. The number of Topliss-reactive ketones (excluding diaryl/α,β-unsaturated/α-hetero) is 1. The second-order valence-corrected chi connectivity index (χ2v) is 4.74. The highest BCUT2D eigenvalue weighted by Gasteiger charge is 2.24. The maximum Gasteiger partial charge on any atom is 0.133 e. The molecule has 0 spiro atoms. The van der Waals surface area contributed by atoms with Gasteiger partial charge in [-0.3, -0.25) is 4.79 Å². The molecule has 0 heterocycles. The van der Waals surface area contributed by atoms with Crippen LogP contribution in [-0.2, 0) is 17.6 Å². The van der Waals surface area contributed by atoms with Crippen molar-refractivity contribution in [1.29, 1.82) is 0 Å². The summed E-state index contributed by atoms with van der Waals surface area (Å²) < 4.78 is 0. The van der Waals surface area contributed by atoms with E-state index in [9.17, 15) is 4.79 Å². The van der Waals surface area contributed by atoms with Gasteiger partial charge in [0.25, 0.3) is 0 Å². The van der Waals surface area contributed by atoms with Crippen LogP contribution in [-0.4, -0.2) is 17.5 Å². The van der Waals surface area contributed by atoms with Crippen LogP contribution in [0.4, 0.5) is 0 Å². The predicted octanol–water partition coefficient (Wildman–Crippen LogP) is 3.63. The fourth-order valence-corrected chi connectivity index (χ4v) is 2.21. The summed E-state index contributed by atoms with van der Waals surface area (Å²) in [5.41, 5.74) is 5.45. The zero-order chi connectivity index (χ0) is 15.0. The van der Waals surface area contributed by atoms with Crippen molar-refractivity contribution in [1.82, 2.24) is 0 Å². The van der Waals surface area contributed by atoms with E-state index in [4.69, 9.17) is 5.11 Å². The lowest BCUT2D eigenvalue weighted by Crippen LogP contribution is -2.09. The van der Waals surface area contributed by atoms with Crippen molar-refractivity contribution in [3.8, 4) is 0 Å². The molecule has 0 radical (unpaired) electrons. The Kier molecular flexibility index (Phi) is 8.33. The summed E-state index contributed by atoms with van der Waals surface area (Å²) >= 11 is 0. The van der Waals surface area contributed by atoms with Gasteiger partial charge in [-0.2, -0.15) is 0 Å². The normalized spacial score (nSPS) is 12.8. The van der Waals surface area contributed by atoms with Crippen LogP contribution in [0.3, 0.4) is 0 Å². The Hall–Kier alpha value is -1.15. The monoisotopic (exact) mass is 264 g/mol. The van der Waals surface area contributed by atoms with Crippen LogP contribution in [0, 0.1) is 19.8 Å². The molecule has 2 heteroatoms. The van der Waals surface area contributed by atoms with Crippen molar-refractivity contribution >= 4 is 5.78 Å². The minimum atomic E-state index is 0.242. The Balaban J connectivity index is 0.000000573. The van der Waals surface area contributed by atoms with Gasteiger partial charge in [0.2, 0.25) is 0 Å². The van der Waals surface area contributed by atoms with E-state index < -0.39 is 0 Å². The number of benzene rings is 1. The van der Waals surface area contributed by atoms with Gasteiger partial charge < -0.3 is 5.11 Å². The van der Waals surface area contributed by atoms with E-state index in [0.29, 0.717) is 5.78 Å². The third-order valence-electron chi connectivity index (χ3n) is 3.32. The van der Waals surface area contributed by atoms with Crippen LogP contribution < -0.4 is 0 Å². The quantitative estimate of drug-likeness (QED) is 0.841. The highest BCUT2D eigenvalue weighted by Crippen LogP contribution is 2.29. The zero-order valence-electron chi connectivity index (χ0n) is 13.2. The summed E-state index contributed by atoms with van der Waals surface area (Å²) in [7, 11) is 0. The first kappa shape index (κ1) is 17.8. The smallest absolute Gasteiger partial charge is 0.133 e. The van der Waals surface area contributed by atoms with E-state index in [1.165, 1.54) is 22.3 Å². The lowest BCUT2D eigenvalue weighted by Gasteiger charge is -2.03. The number of aryl methyl sites for hydroxylation is 2. The Morgan fingerprint density at radius 2 is 1.47 bits per heavy atom. The van der Waals surface area contributed by atoms with Gasteiger partial charge in [0, 0.05) is 12.5 Å². The average Bonchev–Trinajstić information content (AvgIpc) is 2.76. The van der Waals surface area contributed by atoms with Crippen molar-refractivity contribution in [2.75, 3.05) is 6.61 Å². The van der Waals surface area contributed by atoms with Gasteiger partial charge in [-0.05, 0) is 62.8 Å². The van der Waals surface area contributed by atoms with E-state index in [1.807, 2.05) is 13.8 Å². The third kappa shape index (κ3) is 5.15. The molecule has 0 unspecified atom stereocenters. The van der Waals surface area contributed by atoms with Gasteiger partial charge in [0.05, 0.1) is 0 Å². The predicted molar refractivity (Wildman–Crippen MR) is 81.6 cm³/mol. The number of rotatable bonds is 1. The molecule has 0 aliphatic heterocycles. The molecule has 0 atom stereocenters. The van der Waals surface area contributed by atoms with Crippen LogP contribution in [0.25, 0.3) is 0 Å². The molecular formula is C17H28O2. The molecule has 0 saturated carbocycles. The molecule has 1 aliphatic carbocycles. The molecule has 1 aromatic carbocycles. The van der Waals surface area contributed by atoms with E-state index in [1.54, 1.807) is 13.8 Å². The highest BCUT2D eigenvalue weighted by molar-refractivity contribution is 5.80. The average molecular weight is 264 g/mol. The Labute approximate surface area is 117 Å². The summed E-state index contributed by atoms with van der Waals surface area (Å²) in [6.07, 6.45) is 1.90. The molecule has 2 rings (SSSR count). The van der Waals surface area contributed by atoms with E-state index in [-0.39, 0.29) is 12.5 Å². The summed E-state index contributed by atoms with van der Waals surface area (Å²) in [5, 5.41) is 7.57. The first-order valence-electron chi connectivity index (χ1n) is 7.19. The first-order chi connectivity index (χ1) is 8.99. The number of aliphatic hydroxyl groups excluding tert-OH is 1. The summed E-state index contributed by atoms with van der Waals surface area (Å²) in [6, 6.07) is 4.49. The molecule has 0 bridgehead atoms. The number of fused-ring (bicyclic) bond motifs is 1. The molecule has 0 fully saturated rings. The van der Waals surface area contributed by atoms with Crippen LogP contribution >= 0.6 is 0 Å². The Bertz CT molecular complexity index is 377. The fourth-order valence-electron chi connectivity index (χ4n) is 2.21. The molecule has 0 saturated heterocycles. The van der Waals surface area contributed by atoms with Crippen LogP contribution in [0.5, 0.6) is 0 Å². The van der Waals surface area contributed by atoms with Crippen molar-refractivity contribution in [2.24, 2.45) is 5.92 Å². The lowest BCUT2D eigenvalue weighted by atomic mass is 10.0. The summed E-state index contributed by atoms with van der Waals surface area (Å²) in [5.74, 6) is 0.572. The van der Waals surface area contributed by atoms with Crippen molar-refractivity contribution in [3.05, 3.63) is 34.4 Å². The van der Waals surface area contributed by atoms with Gasteiger partial charge in [-0.15, -0.1) is 0 Å². The van der Waals surface area contributed by atoms with Crippen LogP contribution in [0.2, 0.25) is 0 Å². The molecule has 108 valence electrons. The molecule has 1 N–H and O–H groups in total. The molecule has 2 nitrogen and oxygen atoms in total. The summed E-state index contributed by atoms with van der Waals surface area (Å²) in [4.78, 5) is 11.3. The van der Waals surface area contributed by atoms with E-state index in [2.05, 4.69) is 26.0 Å². The molecule has 1 aromatic rings. The first-order valence-corrected chi connectivity index (χ1v) is 7.19. The van der Waals surface area contributed by atoms with Crippen molar-refractivity contribution in [2.45, 2.75) is 54.4 Å². The fraction of sp³-hybridized carbons (Fsp3) is 0.588. The minimum absolute atomic E-state index is 0.242. The lowest BCUT2D eigenvalue weighted by molar-refractivity contribution is -0.120. The maximum atomic E-state index is 11.3. The topological polar surface area (TPSA) is 37.3 Å². The van der Waals surface area contributed by atoms with Crippen LogP contribution in [0.1, 0.15) is 49.9 Å². The number of hydrogen-bond donors (Lipinski definition) is 1. The van der Waals surface area contributed by atoms with Crippen LogP contribution in [0.15, 0.2) is 12.1 Å². The maximum absolute atomic E-state index is 11.3. The van der Waals surface area contributed by atoms with Crippen molar-refractivity contribution < 1.29 is 9.90 Å². The molecule has 19 heavy (non-hydrogen) atoms. The van der Waals surface area contributed by atoms with Gasteiger partial charge in [0.15, 0.2) is 0 Å². The van der Waals surface area contributed by atoms with Gasteiger partial charge in [0.1, 0.15) is 5.78 Å². The number of carbonyl (C=O) groups excluding carboxylic acids is 1. The highest BCUT2D eigenvalue weighted by atomic mass is 16.2. The molecule has 0 aromatic heterocycles. The van der Waals surface area contributed by atoms with Gasteiger partial charge >= 0.3 is 0 Å². The minimum Gasteiger partial charge on any atom is -0.397 e. The Morgan fingerprint density at radius 3 is 1.74 bits per heavy atom. The second-order valence-electron chi connectivity index (χ2n) is 4.74. The molecule has 1 aliphatic rings. The number of hydrogen-bond acceptors (Lipinski definition) is 2. The number of carbonyl (C=O) groups is 1. The van der Waals surface area contributed by atoms with E-state index >= 15 is 0 Å². The number of aliphatic hydroxyl groups is 1. The number of ketones is 1. The molecule has 0 amide bonds. The van der Waals surface area contributed by atoms with Gasteiger partial charge in [-0.25, -0.2) is 0 Å². The Morgan fingerprint density at radius 1 is 1.16 bits per heavy atom. The van der Waals surface area contributed by atoms with Gasteiger partial charge in [-0.1, -0.05) is 26.0 Å². The summed E-state index contributed by atoms with van der Waals surface area (Å²) in [6.45, 7) is 11.9. The second kappa shape index (κ2) is 8.87. The SMILES string of the molecule is CC.CC(=O)C1Cc2cc(C)c(C)cc2C1.CCO. The van der Waals surface area contributed by atoms with Crippen molar-refractivity contribution in [3.63, 3.8) is 0 Å². The standard InChI is InChI=1S/C13H16O.C2H6O.C2H6/c1-8-4-12-6-11(10(3)14)7-13(12)5-9(8)2;1-2-3;1-2/h4-5,11H,6-7H2,1-3H3;3H,2H2,1H3;1-2H3. The molecular weight excluding hydrogens is 236 g/mol. The zero-order valence-corrected chi connectivity index (χ0v) is 13.2.